The van der Waals surface area contributed by atoms with Crippen LogP contribution in [-0.4, -0.2) is 89.1 Å². The van der Waals surface area contributed by atoms with Crippen LogP contribution in [0.1, 0.15) is 52.4 Å². The lowest BCUT2D eigenvalue weighted by Gasteiger charge is -2.18. The SMILES string of the molecule is C=CC(=O)OCC(COCCCCOCC(COC(=O)NCCCC)OC(=O)C=C)OC(=O)NCCCC. The number of nitrogens with one attached hydrogen (secondary N) is 2. The largest absolute Gasteiger partial charge is 0.458 e. The summed E-state index contributed by atoms with van der Waals surface area (Å²) >= 11 is 0. The fourth-order valence-corrected chi connectivity index (χ4v) is 2.66. The van der Waals surface area contributed by atoms with Crippen molar-refractivity contribution in [3.63, 3.8) is 0 Å². The van der Waals surface area contributed by atoms with E-state index in [2.05, 4.69) is 23.8 Å². The van der Waals surface area contributed by atoms with Crippen LogP contribution >= 0.6 is 0 Å². The number of ether oxygens (including phenoxy) is 6. The summed E-state index contributed by atoms with van der Waals surface area (Å²) in [5.41, 5.74) is 0. The Kier molecular flexibility index (Phi) is 22.2. The van der Waals surface area contributed by atoms with Crippen molar-refractivity contribution in [2.75, 3.05) is 52.7 Å². The highest BCUT2D eigenvalue weighted by Crippen LogP contribution is 2.02. The van der Waals surface area contributed by atoms with Crippen LogP contribution in [0.3, 0.4) is 0 Å². The Hall–Kier alpha value is -3.12. The van der Waals surface area contributed by atoms with Crippen molar-refractivity contribution in [3.8, 4) is 0 Å². The molecule has 2 N–H and O–H groups in total. The average Bonchev–Trinajstić information content (AvgIpc) is 2.91. The van der Waals surface area contributed by atoms with Gasteiger partial charge in [0.05, 0.1) is 13.2 Å². The number of hydrogen-bond acceptors (Lipinski definition) is 10. The highest BCUT2D eigenvalue weighted by molar-refractivity contribution is 5.81. The summed E-state index contributed by atoms with van der Waals surface area (Å²) in [6.07, 6.45) is 4.11. The molecule has 0 aliphatic rings. The summed E-state index contributed by atoms with van der Waals surface area (Å²) in [6, 6.07) is 0. The molecule has 38 heavy (non-hydrogen) atoms. The first kappa shape index (κ1) is 34.9. The first-order valence-electron chi connectivity index (χ1n) is 13.0. The third-order valence-corrected chi connectivity index (χ3v) is 4.74. The Labute approximate surface area is 225 Å². The predicted octanol–water partition coefficient (Wildman–Crippen LogP) is 3.05. The molecule has 0 bridgehead atoms. The minimum Gasteiger partial charge on any atom is -0.458 e. The maximum atomic E-state index is 11.9. The maximum absolute atomic E-state index is 11.9. The summed E-state index contributed by atoms with van der Waals surface area (Å²) in [5, 5.41) is 5.24. The molecule has 0 aliphatic carbocycles. The van der Waals surface area contributed by atoms with Gasteiger partial charge < -0.3 is 39.1 Å². The molecule has 0 heterocycles. The Bertz CT molecular complexity index is 702. The van der Waals surface area contributed by atoms with Crippen molar-refractivity contribution in [1.82, 2.24) is 10.6 Å². The van der Waals surface area contributed by atoms with E-state index in [0.717, 1.165) is 37.8 Å². The molecule has 0 rings (SSSR count). The standard InChI is InChI=1S/C26H44N2O10/c1-5-9-13-27-25(31)36-20-21(37-24(30)8-4)17-33-15-11-12-16-34-18-22(19-35-23(29)7-3)38-26(32)28-14-10-6-2/h7-8,21-22H,3-6,9-20H2,1-2H3,(H,27,31)(H,28,32). The van der Waals surface area contributed by atoms with Crippen LogP contribution in [0.2, 0.25) is 0 Å². The van der Waals surface area contributed by atoms with Crippen LogP contribution in [-0.2, 0) is 38.0 Å². The van der Waals surface area contributed by atoms with Crippen LogP contribution in [0.25, 0.3) is 0 Å². The summed E-state index contributed by atoms with van der Waals surface area (Å²) < 4.78 is 31.6. The lowest BCUT2D eigenvalue weighted by molar-refractivity contribution is -0.148. The van der Waals surface area contributed by atoms with Gasteiger partial charge in [-0.25, -0.2) is 19.2 Å². The van der Waals surface area contributed by atoms with Crippen LogP contribution in [0, 0.1) is 0 Å². The fraction of sp³-hybridized carbons (Fsp3) is 0.692. The van der Waals surface area contributed by atoms with Crippen molar-refractivity contribution in [3.05, 3.63) is 25.3 Å². The van der Waals surface area contributed by atoms with Crippen LogP contribution < -0.4 is 10.6 Å². The van der Waals surface area contributed by atoms with Gasteiger partial charge in [0.25, 0.3) is 0 Å². The van der Waals surface area contributed by atoms with Gasteiger partial charge in [0, 0.05) is 38.5 Å². The van der Waals surface area contributed by atoms with Crippen molar-refractivity contribution in [2.45, 2.75) is 64.6 Å². The molecular weight excluding hydrogens is 500 g/mol. The molecule has 12 heteroatoms. The molecule has 0 fully saturated rings. The molecule has 0 aromatic rings. The van der Waals surface area contributed by atoms with Crippen molar-refractivity contribution >= 4 is 24.1 Å². The van der Waals surface area contributed by atoms with E-state index >= 15 is 0 Å². The first-order valence-corrected chi connectivity index (χ1v) is 13.0. The maximum Gasteiger partial charge on any atom is 0.407 e. The third kappa shape index (κ3) is 21.0. The van der Waals surface area contributed by atoms with E-state index in [1.165, 1.54) is 0 Å². The number of esters is 2. The number of amides is 2. The minimum atomic E-state index is -0.770. The Morgan fingerprint density at radius 1 is 0.658 bits per heavy atom. The number of unbranched alkanes of at least 4 members (excludes halogenated alkanes) is 3. The van der Waals surface area contributed by atoms with E-state index in [4.69, 9.17) is 28.4 Å². The van der Waals surface area contributed by atoms with Crippen LogP contribution in [0.15, 0.2) is 25.3 Å². The molecule has 0 aromatic carbocycles. The van der Waals surface area contributed by atoms with Gasteiger partial charge in [0.2, 0.25) is 0 Å². The normalized spacial score (nSPS) is 11.9. The highest BCUT2D eigenvalue weighted by atomic mass is 16.6. The number of carbonyl (C=O) groups excluding carboxylic acids is 4. The van der Waals surface area contributed by atoms with E-state index in [-0.39, 0.29) is 26.4 Å². The summed E-state index contributed by atoms with van der Waals surface area (Å²) in [5.74, 6) is -1.27. The number of carbonyl (C=O) groups is 4. The lowest BCUT2D eigenvalue weighted by atomic mass is 10.3. The number of hydrogen-bond donors (Lipinski definition) is 2. The van der Waals surface area contributed by atoms with E-state index in [1.807, 2.05) is 13.8 Å². The van der Waals surface area contributed by atoms with Crippen molar-refractivity contribution < 1.29 is 47.6 Å². The van der Waals surface area contributed by atoms with Gasteiger partial charge in [-0.2, -0.15) is 0 Å². The predicted molar refractivity (Wildman–Crippen MR) is 140 cm³/mol. The van der Waals surface area contributed by atoms with Crippen molar-refractivity contribution in [2.24, 2.45) is 0 Å². The topological polar surface area (TPSA) is 148 Å². The van der Waals surface area contributed by atoms with Gasteiger partial charge in [-0.3, -0.25) is 0 Å². The number of alkyl carbamates (subject to hydrolysis) is 2. The first-order chi connectivity index (χ1) is 18.4. The zero-order valence-corrected chi connectivity index (χ0v) is 22.7. The number of rotatable bonds is 23. The Balaban J connectivity index is 4.28. The lowest BCUT2D eigenvalue weighted by Crippen LogP contribution is -2.35. The zero-order valence-electron chi connectivity index (χ0n) is 22.7. The summed E-state index contributed by atoms with van der Waals surface area (Å²) in [6.45, 7) is 12.2. The molecular formula is C26H44N2O10. The molecule has 0 aliphatic heterocycles. The van der Waals surface area contributed by atoms with E-state index in [1.54, 1.807) is 0 Å². The molecule has 2 unspecified atom stereocenters. The molecule has 0 aromatic heterocycles. The highest BCUT2D eigenvalue weighted by Gasteiger charge is 2.18. The van der Waals surface area contributed by atoms with Gasteiger partial charge in [0.15, 0.2) is 12.2 Å². The van der Waals surface area contributed by atoms with E-state index in [0.29, 0.717) is 39.1 Å². The molecule has 0 saturated heterocycles. The molecule has 2 amide bonds. The van der Waals surface area contributed by atoms with Gasteiger partial charge in [-0.05, 0) is 25.7 Å². The molecule has 0 saturated carbocycles. The zero-order chi connectivity index (χ0) is 28.4. The molecule has 12 nitrogen and oxygen atoms in total. The van der Waals surface area contributed by atoms with E-state index in [9.17, 15) is 19.2 Å². The molecule has 2 atom stereocenters. The van der Waals surface area contributed by atoms with E-state index < -0.39 is 36.3 Å². The van der Waals surface area contributed by atoms with Crippen LogP contribution in [0.4, 0.5) is 9.59 Å². The molecule has 0 spiro atoms. The molecule has 0 radical (unpaired) electrons. The second-order valence-corrected chi connectivity index (χ2v) is 8.14. The minimum absolute atomic E-state index is 0.0421. The summed E-state index contributed by atoms with van der Waals surface area (Å²) in [4.78, 5) is 46.5. The van der Waals surface area contributed by atoms with Gasteiger partial charge in [0.1, 0.15) is 13.2 Å². The second kappa shape index (κ2) is 24.2. The average molecular weight is 545 g/mol. The van der Waals surface area contributed by atoms with Gasteiger partial charge >= 0.3 is 24.1 Å². The van der Waals surface area contributed by atoms with Gasteiger partial charge in [-0.15, -0.1) is 0 Å². The third-order valence-electron chi connectivity index (χ3n) is 4.74. The van der Waals surface area contributed by atoms with Gasteiger partial charge in [-0.1, -0.05) is 39.8 Å². The molecule has 218 valence electrons. The Morgan fingerprint density at radius 3 is 1.68 bits per heavy atom. The second-order valence-electron chi connectivity index (χ2n) is 8.14. The van der Waals surface area contributed by atoms with Crippen LogP contribution in [0.5, 0.6) is 0 Å². The quantitative estimate of drug-likeness (QED) is 0.0851. The fourth-order valence-electron chi connectivity index (χ4n) is 2.66. The summed E-state index contributed by atoms with van der Waals surface area (Å²) in [7, 11) is 0. The smallest absolute Gasteiger partial charge is 0.407 e. The Morgan fingerprint density at radius 2 is 1.16 bits per heavy atom. The van der Waals surface area contributed by atoms with Crippen molar-refractivity contribution in [1.29, 1.82) is 0 Å². The monoisotopic (exact) mass is 544 g/mol.